The highest BCUT2D eigenvalue weighted by molar-refractivity contribution is 7.89. The molecule has 0 atom stereocenters. The maximum atomic E-state index is 13.4. The van der Waals surface area contributed by atoms with E-state index in [-0.39, 0.29) is 17.7 Å². The minimum atomic E-state index is -3.61. The molecule has 1 fully saturated rings. The van der Waals surface area contributed by atoms with Gasteiger partial charge in [-0.1, -0.05) is 33.8 Å². The number of carbonyl (C=O) groups is 1. The third kappa shape index (κ3) is 4.29. The fourth-order valence-electron chi connectivity index (χ4n) is 3.62. The van der Waals surface area contributed by atoms with E-state index in [4.69, 9.17) is 0 Å². The van der Waals surface area contributed by atoms with Crippen molar-refractivity contribution >= 4 is 21.6 Å². The van der Waals surface area contributed by atoms with Crippen molar-refractivity contribution in [2.24, 2.45) is 11.8 Å². The van der Waals surface area contributed by atoms with Crippen LogP contribution in [0.4, 0.5) is 5.69 Å². The highest BCUT2D eigenvalue weighted by Gasteiger charge is 2.31. The molecular formula is C20H32N2O3S. The van der Waals surface area contributed by atoms with E-state index in [2.05, 4.69) is 0 Å². The molecule has 0 spiro atoms. The van der Waals surface area contributed by atoms with Gasteiger partial charge in [-0.3, -0.25) is 4.79 Å². The van der Waals surface area contributed by atoms with Crippen molar-refractivity contribution in [3.63, 3.8) is 0 Å². The summed E-state index contributed by atoms with van der Waals surface area (Å²) in [5, 5.41) is 0. The minimum absolute atomic E-state index is 0.0759. The maximum absolute atomic E-state index is 13.4. The van der Waals surface area contributed by atoms with Crippen LogP contribution in [0.25, 0.3) is 0 Å². The van der Waals surface area contributed by atoms with Gasteiger partial charge in [-0.15, -0.1) is 0 Å². The molecular weight excluding hydrogens is 348 g/mol. The molecule has 1 heterocycles. The summed E-state index contributed by atoms with van der Waals surface area (Å²) in [5.41, 5.74) is 2.39. The molecule has 0 saturated carbocycles. The van der Waals surface area contributed by atoms with Crippen LogP contribution >= 0.6 is 0 Å². The number of benzene rings is 1. The first-order valence-corrected chi connectivity index (χ1v) is 10.9. The predicted octanol–water partition coefficient (Wildman–Crippen LogP) is 3.73. The predicted molar refractivity (Wildman–Crippen MR) is 106 cm³/mol. The van der Waals surface area contributed by atoms with E-state index in [1.54, 1.807) is 15.3 Å². The van der Waals surface area contributed by atoms with Crippen LogP contribution in [0.3, 0.4) is 0 Å². The third-order valence-corrected chi connectivity index (χ3v) is 6.66. The average Bonchev–Trinajstić information content (AvgIpc) is 2.91. The van der Waals surface area contributed by atoms with Crippen molar-refractivity contribution in [3.05, 3.63) is 23.3 Å². The Balaban J connectivity index is 2.53. The van der Waals surface area contributed by atoms with Crippen LogP contribution in [0.1, 0.15) is 51.7 Å². The average molecular weight is 381 g/mol. The molecule has 6 heteroatoms. The second-order valence-corrected chi connectivity index (χ2v) is 10.0. The van der Waals surface area contributed by atoms with Gasteiger partial charge >= 0.3 is 0 Å². The summed E-state index contributed by atoms with van der Waals surface area (Å²) in [5.74, 6) is 0.565. The number of aryl methyl sites for hydroxylation is 1. The number of carbonyl (C=O) groups excluding carboxylic acids is 1. The molecule has 26 heavy (non-hydrogen) atoms. The van der Waals surface area contributed by atoms with Gasteiger partial charge in [0.15, 0.2) is 0 Å². The van der Waals surface area contributed by atoms with Gasteiger partial charge in [-0.25, -0.2) is 8.42 Å². The summed E-state index contributed by atoms with van der Waals surface area (Å²) in [6, 6.07) is 3.52. The van der Waals surface area contributed by atoms with Crippen LogP contribution in [-0.4, -0.2) is 38.3 Å². The Kier molecular flexibility index (Phi) is 6.51. The van der Waals surface area contributed by atoms with E-state index in [0.717, 1.165) is 17.7 Å². The molecule has 1 aromatic rings. The molecule has 5 nitrogen and oxygen atoms in total. The largest absolute Gasteiger partial charge is 0.312 e. The van der Waals surface area contributed by atoms with Crippen molar-refractivity contribution < 1.29 is 13.2 Å². The van der Waals surface area contributed by atoms with Gasteiger partial charge in [0.1, 0.15) is 0 Å². The maximum Gasteiger partial charge on any atom is 0.243 e. The van der Waals surface area contributed by atoms with Gasteiger partial charge in [0.25, 0.3) is 0 Å². The first-order chi connectivity index (χ1) is 12.1. The molecule has 0 unspecified atom stereocenters. The number of amides is 1. The Bertz CT molecular complexity index is 760. The lowest BCUT2D eigenvalue weighted by Crippen LogP contribution is -2.37. The van der Waals surface area contributed by atoms with Crippen LogP contribution in [0, 0.1) is 25.7 Å². The molecule has 1 amide bonds. The van der Waals surface area contributed by atoms with Gasteiger partial charge in [0.2, 0.25) is 15.9 Å². The highest BCUT2D eigenvalue weighted by atomic mass is 32.2. The zero-order chi connectivity index (χ0) is 19.6. The van der Waals surface area contributed by atoms with Crippen LogP contribution in [-0.2, 0) is 14.8 Å². The third-order valence-electron chi connectivity index (χ3n) is 4.68. The normalized spacial score (nSPS) is 15.7. The molecule has 1 aromatic carbocycles. The summed E-state index contributed by atoms with van der Waals surface area (Å²) in [6.07, 6.45) is 1.35. The summed E-state index contributed by atoms with van der Waals surface area (Å²) >= 11 is 0. The van der Waals surface area contributed by atoms with E-state index in [0.29, 0.717) is 36.5 Å². The number of rotatable bonds is 7. The molecule has 2 rings (SSSR count). The Hall–Kier alpha value is -1.40. The first-order valence-electron chi connectivity index (χ1n) is 9.46. The second-order valence-electron chi connectivity index (χ2n) is 8.11. The smallest absolute Gasteiger partial charge is 0.243 e. The number of nitrogens with zero attached hydrogens (tertiary/aromatic N) is 2. The Morgan fingerprint density at radius 2 is 1.65 bits per heavy atom. The first kappa shape index (κ1) is 20.9. The molecule has 1 aliphatic heterocycles. The molecule has 1 aliphatic rings. The summed E-state index contributed by atoms with van der Waals surface area (Å²) in [6.45, 7) is 13.5. The lowest BCUT2D eigenvalue weighted by atomic mass is 10.1. The van der Waals surface area contributed by atoms with E-state index in [1.165, 1.54) is 0 Å². The van der Waals surface area contributed by atoms with Crippen molar-refractivity contribution in [2.75, 3.05) is 24.5 Å². The second kappa shape index (κ2) is 8.09. The Morgan fingerprint density at radius 3 is 2.12 bits per heavy atom. The zero-order valence-electron chi connectivity index (χ0n) is 16.9. The fourth-order valence-corrected chi connectivity index (χ4v) is 5.61. The van der Waals surface area contributed by atoms with Crippen molar-refractivity contribution in [1.29, 1.82) is 0 Å². The summed E-state index contributed by atoms with van der Waals surface area (Å²) in [7, 11) is -3.61. The molecule has 0 aromatic heterocycles. The molecule has 146 valence electrons. The lowest BCUT2D eigenvalue weighted by molar-refractivity contribution is -0.117. The quantitative estimate of drug-likeness (QED) is 0.724. The van der Waals surface area contributed by atoms with Crippen LogP contribution in [0.15, 0.2) is 17.0 Å². The zero-order valence-corrected chi connectivity index (χ0v) is 17.7. The lowest BCUT2D eigenvalue weighted by Gasteiger charge is -2.28. The molecule has 0 aliphatic carbocycles. The standard InChI is InChI=1S/C20H32N2O3S/c1-14(2)12-21(13-15(3)4)26(24,25)18-10-9-16(5)20(17(18)6)22-11-7-8-19(22)23/h9-10,14-15H,7-8,11-13H2,1-6H3. The van der Waals surface area contributed by atoms with Crippen molar-refractivity contribution in [1.82, 2.24) is 4.31 Å². The summed E-state index contributed by atoms with van der Waals surface area (Å²) in [4.78, 5) is 14.3. The van der Waals surface area contributed by atoms with Crippen LogP contribution in [0.2, 0.25) is 0 Å². The monoisotopic (exact) mass is 380 g/mol. The number of anilines is 1. The van der Waals surface area contributed by atoms with Crippen molar-refractivity contribution in [2.45, 2.75) is 59.3 Å². The van der Waals surface area contributed by atoms with Gasteiger partial charge in [0.05, 0.1) is 10.6 Å². The van der Waals surface area contributed by atoms with E-state index >= 15 is 0 Å². The Labute approximate surface area is 158 Å². The van der Waals surface area contributed by atoms with E-state index in [9.17, 15) is 13.2 Å². The highest BCUT2D eigenvalue weighted by Crippen LogP contribution is 2.34. The molecule has 0 N–H and O–H groups in total. The number of hydrogen-bond acceptors (Lipinski definition) is 3. The number of sulfonamides is 1. The fraction of sp³-hybridized carbons (Fsp3) is 0.650. The van der Waals surface area contributed by atoms with Crippen LogP contribution < -0.4 is 4.90 Å². The van der Waals surface area contributed by atoms with Gasteiger partial charge in [-0.05, 0) is 49.3 Å². The topological polar surface area (TPSA) is 57.7 Å². The van der Waals surface area contributed by atoms with Crippen LogP contribution in [0.5, 0.6) is 0 Å². The molecule has 0 radical (unpaired) electrons. The van der Waals surface area contributed by atoms with E-state index < -0.39 is 10.0 Å². The Morgan fingerprint density at radius 1 is 1.08 bits per heavy atom. The molecule has 0 bridgehead atoms. The molecule has 1 saturated heterocycles. The van der Waals surface area contributed by atoms with Crippen molar-refractivity contribution in [3.8, 4) is 0 Å². The minimum Gasteiger partial charge on any atom is -0.312 e. The SMILES string of the molecule is Cc1ccc(S(=O)(=O)N(CC(C)C)CC(C)C)c(C)c1N1CCCC1=O. The number of hydrogen-bond donors (Lipinski definition) is 0. The summed E-state index contributed by atoms with van der Waals surface area (Å²) < 4.78 is 28.4. The van der Waals surface area contributed by atoms with Gasteiger partial charge < -0.3 is 4.90 Å². The van der Waals surface area contributed by atoms with E-state index in [1.807, 2.05) is 47.6 Å². The van der Waals surface area contributed by atoms with Gasteiger partial charge in [-0.2, -0.15) is 4.31 Å². The van der Waals surface area contributed by atoms with Gasteiger partial charge in [0, 0.05) is 26.1 Å².